The number of carbonyl (C=O) groups is 1. The molecule has 19 heavy (non-hydrogen) atoms. The first-order chi connectivity index (χ1) is 9.08. The fraction of sp³-hybridized carbons (Fsp3) is 0.538. The summed E-state index contributed by atoms with van der Waals surface area (Å²) in [7, 11) is 2.06. The third-order valence-electron chi connectivity index (χ3n) is 3.26. The minimum atomic E-state index is -0.166. The second-order valence-electron chi connectivity index (χ2n) is 4.57. The second kappa shape index (κ2) is 7.70. The standard InChI is InChI=1S/C13H23N5O/c1-4-10(2)18(3)8-7-15-13(19)12-6-5-11(17-14)9-16-12/h5-6,9-10,17H,4,7-8,14H2,1-3H3,(H,15,19). The zero-order valence-electron chi connectivity index (χ0n) is 11.8. The van der Waals surface area contributed by atoms with Crippen LogP contribution >= 0.6 is 0 Å². The lowest BCUT2D eigenvalue weighted by atomic mass is 10.2. The molecule has 0 bridgehead atoms. The fourth-order valence-electron chi connectivity index (χ4n) is 1.58. The Balaban J connectivity index is 2.38. The van der Waals surface area contributed by atoms with E-state index in [-0.39, 0.29) is 5.91 Å². The van der Waals surface area contributed by atoms with Crippen LogP contribution in [-0.4, -0.2) is 42.0 Å². The Morgan fingerprint density at radius 1 is 1.53 bits per heavy atom. The van der Waals surface area contributed by atoms with Gasteiger partial charge in [-0.05, 0) is 32.5 Å². The number of nitrogens with zero attached hydrogens (tertiary/aromatic N) is 2. The smallest absolute Gasteiger partial charge is 0.269 e. The highest BCUT2D eigenvalue weighted by atomic mass is 16.1. The molecule has 1 aromatic rings. The lowest BCUT2D eigenvalue weighted by Crippen LogP contribution is -2.37. The summed E-state index contributed by atoms with van der Waals surface area (Å²) in [6.07, 6.45) is 2.62. The minimum absolute atomic E-state index is 0.166. The van der Waals surface area contributed by atoms with Crippen molar-refractivity contribution in [1.29, 1.82) is 0 Å². The molecule has 1 aromatic heterocycles. The van der Waals surface area contributed by atoms with E-state index in [1.807, 2.05) is 0 Å². The first-order valence-electron chi connectivity index (χ1n) is 6.49. The molecule has 1 rings (SSSR count). The van der Waals surface area contributed by atoms with E-state index < -0.39 is 0 Å². The van der Waals surface area contributed by atoms with Gasteiger partial charge in [-0.15, -0.1) is 0 Å². The van der Waals surface area contributed by atoms with Crippen molar-refractivity contribution in [2.45, 2.75) is 26.3 Å². The second-order valence-corrected chi connectivity index (χ2v) is 4.57. The number of likely N-dealkylation sites (N-methyl/N-ethyl adjacent to an activating group) is 1. The van der Waals surface area contributed by atoms with Crippen LogP contribution in [0.4, 0.5) is 5.69 Å². The number of anilines is 1. The maximum absolute atomic E-state index is 11.8. The Kier molecular flexibility index (Phi) is 6.24. The SMILES string of the molecule is CCC(C)N(C)CCNC(=O)c1ccc(NN)cn1. The number of hydrogen-bond acceptors (Lipinski definition) is 5. The van der Waals surface area contributed by atoms with Gasteiger partial charge in [-0.1, -0.05) is 6.92 Å². The Bertz CT molecular complexity index is 393. The Hall–Kier alpha value is -1.66. The van der Waals surface area contributed by atoms with Crippen molar-refractivity contribution >= 4 is 11.6 Å². The van der Waals surface area contributed by atoms with E-state index in [9.17, 15) is 4.79 Å². The maximum atomic E-state index is 11.8. The van der Waals surface area contributed by atoms with Gasteiger partial charge in [-0.2, -0.15) is 0 Å². The van der Waals surface area contributed by atoms with E-state index in [0.717, 1.165) is 13.0 Å². The Morgan fingerprint density at radius 2 is 2.26 bits per heavy atom. The summed E-state index contributed by atoms with van der Waals surface area (Å²) in [5, 5.41) is 2.85. The van der Waals surface area contributed by atoms with Gasteiger partial charge < -0.3 is 15.6 Å². The monoisotopic (exact) mass is 265 g/mol. The molecule has 6 heteroatoms. The molecule has 0 saturated carbocycles. The van der Waals surface area contributed by atoms with Gasteiger partial charge in [-0.3, -0.25) is 10.6 Å². The highest BCUT2D eigenvalue weighted by molar-refractivity contribution is 5.92. The largest absolute Gasteiger partial charge is 0.349 e. The van der Waals surface area contributed by atoms with Gasteiger partial charge in [0.2, 0.25) is 0 Å². The summed E-state index contributed by atoms with van der Waals surface area (Å²) >= 11 is 0. The highest BCUT2D eigenvalue weighted by Gasteiger charge is 2.09. The van der Waals surface area contributed by atoms with E-state index in [2.05, 4.69) is 41.5 Å². The van der Waals surface area contributed by atoms with Gasteiger partial charge in [0.05, 0.1) is 11.9 Å². The lowest BCUT2D eigenvalue weighted by molar-refractivity contribution is 0.0942. The molecule has 4 N–H and O–H groups in total. The number of hydrogen-bond donors (Lipinski definition) is 3. The van der Waals surface area contributed by atoms with Crippen LogP contribution in [0.15, 0.2) is 18.3 Å². The average Bonchev–Trinajstić information content (AvgIpc) is 2.46. The zero-order chi connectivity index (χ0) is 14.3. The third-order valence-corrected chi connectivity index (χ3v) is 3.26. The van der Waals surface area contributed by atoms with Crippen molar-refractivity contribution in [3.8, 4) is 0 Å². The highest BCUT2D eigenvalue weighted by Crippen LogP contribution is 2.04. The Morgan fingerprint density at radius 3 is 2.79 bits per heavy atom. The molecule has 1 atom stereocenters. The van der Waals surface area contributed by atoms with Crippen molar-refractivity contribution in [2.75, 3.05) is 25.6 Å². The molecule has 0 aliphatic heterocycles. The van der Waals surface area contributed by atoms with E-state index in [4.69, 9.17) is 5.84 Å². The summed E-state index contributed by atoms with van der Waals surface area (Å²) in [6.45, 7) is 5.75. The molecular formula is C13H23N5O. The number of aromatic nitrogens is 1. The summed E-state index contributed by atoms with van der Waals surface area (Å²) < 4.78 is 0. The van der Waals surface area contributed by atoms with Crippen LogP contribution in [0, 0.1) is 0 Å². The molecule has 0 spiro atoms. The summed E-state index contributed by atoms with van der Waals surface area (Å²) in [5.41, 5.74) is 3.54. The molecule has 0 aliphatic rings. The molecule has 0 radical (unpaired) electrons. The number of pyridine rings is 1. The van der Waals surface area contributed by atoms with Crippen LogP contribution in [0.25, 0.3) is 0 Å². The molecule has 1 unspecified atom stereocenters. The molecule has 0 saturated heterocycles. The van der Waals surface area contributed by atoms with E-state index >= 15 is 0 Å². The van der Waals surface area contributed by atoms with Gasteiger partial charge in [0.1, 0.15) is 5.69 Å². The first kappa shape index (κ1) is 15.4. The molecule has 0 fully saturated rings. The molecule has 0 aliphatic carbocycles. The first-order valence-corrected chi connectivity index (χ1v) is 6.49. The quantitative estimate of drug-likeness (QED) is 0.502. The molecule has 6 nitrogen and oxygen atoms in total. The number of nitrogens with two attached hydrogens (primary N) is 1. The van der Waals surface area contributed by atoms with Gasteiger partial charge in [0.25, 0.3) is 5.91 Å². The number of nitrogen functional groups attached to an aromatic ring is 1. The predicted octanol–water partition coefficient (Wildman–Crippen LogP) is 0.827. The Labute approximate surface area is 114 Å². The van der Waals surface area contributed by atoms with Crippen LogP contribution in [0.1, 0.15) is 30.8 Å². The van der Waals surface area contributed by atoms with Crippen LogP contribution in [-0.2, 0) is 0 Å². The zero-order valence-corrected chi connectivity index (χ0v) is 11.8. The van der Waals surface area contributed by atoms with Gasteiger partial charge in [0.15, 0.2) is 0 Å². The maximum Gasteiger partial charge on any atom is 0.269 e. The molecule has 106 valence electrons. The minimum Gasteiger partial charge on any atom is -0.349 e. The van der Waals surface area contributed by atoms with E-state index in [0.29, 0.717) is 24.0 Å². The molecule has 1 amide bonds. The van der Waals surface area contributed by atoms with Crippen molar-refractivity contribution in [2.24, 2.45) is 5.84 Å². The van der Waals surface area contributed by atoms with Crippen molar-refractivity contribution in [3.63, 3.8) is 0 Å². The number of carbonyl (C=O) groups excluding carboxylic acids is 1. The summed E-state index contributed by atoms with van der Waals surface area (Å²) in [6, 6.07) is 3.88. The summed E-state index contributed by atoms with van der Waals surface area (Å²) in [5.74, 6) is 5.07. The fourth-order valence-corrected chi connectivity index (χ4v) is 1.58. The van der Waals surface area contributed by atoms with Gasteiger partial charge in [0, 0.05) is 19.1 Å². The topological polar surface area (TPSA) is 83.3 Å². The average molecular weight is 265 g/mol. The molecule has 1 heterocycles. The van der Waals surface area contributed by atoms with Gasteiger partial charge in [-0.25, -0.2) is 4.98 Å². The van der Waals surface area contributed by atoms with Crippen LogP contribution in [0.5, 0.6) is 0 Å². The van der Waals surface area contributed by atoms with Crippen LogP contribution in [0.2, 0.25) is 0 Å². The predicted molar refractivity (Wildman–Crippen MR) is 76.8 cm³/mol. The van der Waals surface area contributed by atoms with Crippen molar-refractivity contribution in [3.05, 3.63) is 24.0 Å². The van der Waals surface area contributed by atoms with Crippen LogP contribution in [0.3, 0.4) is 0 Å². The number of hydrazine groups is 1. The normalized spacial score (nSPS) is 12.3. The summed E-state index contributed by atoms with van der Waals surface area (Å²) in [4.78, 5) is 18.1. The molecular weight excluding hydrogens is 242 g/mol. The van der Waals surface area contributed by atoms with Gasteiger partial charge >= 0.3 is 0 Å². The third kappa shape index (κ3) is 4.84. The van der Waals surface area contributed by atoms with Crippen molar-refractivity contribution in [1.82, 2.24) is 15.2 Å². The van der Waals surface area contributed by atoms with E-state index in [1.54, 1.807) is 12.1 Å². The number of nitrogens with one attached hydrogen (secondary N) is 2. The number of rotatable bonds is 7. The van der Waals surface area contributed by atoms with Crippen LogP contribution < -0.4 is 16.6 Å². The number of amides is 1. The van der Waals surface area contributed by atoms with Crippen molar-refractivity contribution < 1.29 is 4.79 Å². The molecule has 0 aromatic carbocycles. The van der Waals surface area contributed by atoms with E-state index in [1.165, 1.54) is 6.20 Å². The lowest BCUT2D eigenvalue weighted by Gasteiger charge is -2.23.